The molecule has 1 rings (SSSR count). The molecule has 0 fully saturated rings. The Labute approximate surface area is 139 Å². The van der Waals surface area contributed by atoms with E-state index in [1.54, 1.807) is 0 Å². The monoisotopic (exact) mass is 320 g/mol. The first-order valence-corrected chi connectivity index (χ1v) is 8.35. The normalized spacial score (nSPS) is 13.5. The van der Waals surface area contributed by atoms with Gasteiger partial charge in [0.1, 0.15) is 0 Å². The molecule has 0 aliphatic carbocycles. The SMILES string of the molecule is CCCNC(=O)C[NH+](C)[C@H](C)C(=O)Nc1ccc(C(C)C)cc1. The molecule has 0 saturated heterocycles. The van der Waals surface area contributed by atoms with E-state index >= 15 is 0 Å². The maximum absolute atomic E-state index is 12.3. The van der Waals surface area contributed by atoms with Crippen LogP contribution >= 0.6 is 0 Å². The molecule has 0 saturated carbocycles. The first-order valence-electron chi connectivity index (χ1n) is 8.35. The van der Waals surface area contributed by atoms with Crippen LogP contribution in [0.1, 0.15) is 45.6 Å². The Hall–Kier alpha value is -1.88. The Bertz CT molecular complexity index is 512. The lowest BCUT2D eigenvalue weighted by atomic mass is 10.0. The van der Waals surface area contributed by atoms with Crippen LogP contribution in [0.2, 0.25) is 0 Å². The molecule has 128 valence electrons. The molecule has 2 amide bonds. The maximum atomic E-state index is 12.3. The van der Waals surface area contributed by atoms with Crippen LogP contribution in [0.5, 0.6) is 0 Å². The topological polar surface area (TPSA) is 62.6 Å². The van der Waals surface area contributed by atoms with Gasteiger partial charge in [0, 0.05) is 12.2 Å². The van der Waals surface area contributed by atoms with Gasteiger partial charge in [0.15, 0.2) is 12.6 Å². The highest BCUT2D eigenvalue weighted by molar-refractivity contribution is 5.93. The lowest BCUT2D eigenvalue weighted by Gasteiger charge is -2.20. The van der Waals surface area contributed by atoms with Crippen molar-refractivity contribution < 1.29 is 14.5 Å². The molecule has 0 radical (unpaired) electrons. The van der Waals surface area contributed by atoms with Crippen LogP contribution in [0.15, 0.2) is 24.3 Å². The zero-order valence-electron chi connectivity index (χ0n) is 14.9. The Morgan fingerprint density at radius 3 is 2.26 bits per heavy atom. The summed E-state index contributed by atoms with van der Waals surface area (Å²) in [5, 5.41) is 5.75. The van der Waals surface area contributed by atoms with Gasteiger partial charge in [0.05, 0.1) is 7.05 Å². The van der Waals surface area contributed by atoms with E-state index in [-0.39, 0.29) is 17.9 Å². The van der Waals surface area contributed by atoms with E-state index in [1.165, 1.54) is 5.56 Å². The number of rotatable bonds is 8. The molecule has 23 heavy (non-hydrogen) atoms. The molecule has 1 aromatic carbocycles. The standard InChI is InChI=1S/C18H29N3O2/c1-6-11-19-17(22)12-21(5)14(4)18(23)20-16-9-7-15(8-10-16)13(2)3/h7-10,13-14H,6,11-12H2,1-5H3,(H,19,22)(H,20,23)/p+1/t14-/m1/s1. The molecule has 0 aromatic heterocycles. The summed E-state index contributed by atoms with van der Waals surface area (Å²) in [5.74, 6) is 0.365. The number of benzene rings is 1. The number of quaternary nitrogens is 1. The highest BCUT2D eigenvalue weighted by Gasteiger charge is 2.23. The molecule has 0 spiro atoms. The van der Waals surface area contributed by atoms with Gasteiger partial charge in [-0.2, -0.15) is 0 Å². The summed E-state index contributed by atoms with van der Waals surface area (Å²) in [5.41, 5.74) is 2.03. The summed E-state index contributed by atoms with van der Waals surface area (Å²) in [6, 6.07) is 7.60. The van der Waals surface area contributed by atoms with Crippen molar-refractivity contribution in [2.75, 3.05) is 25.5 Å². The first kappa shape index (κ1) is 19.2. The zero-order chi connectivity index (χ0) is 17.4. The molecule has 2 atom stereocenters. The number of anilines is 1. The number of likely N-dealkylation sites (N-methyl/N-ethyl adjacent to an activating group) is 1. The minimum atomic E-state index is -0.299. The predicted octanol–water partition coefficient (Wildman–Crippen LogP) is 1.18. The number of nitrogens with one attached hydrogen (secondary N) is 3. The van der Waals surface area contributed by atoms with E-state index in [1.807, 2.05) is 45.2 Å². The van der Waals surface area contributed by atoms with Crippen molar-refractivity contribution in [2.24, 2.45) is 0 Å². The minimum Gasteiger partial charge on any atom is -0.351 e. The summed E-state index contributed by atoms with van der Waals surface area (Å²) in [6.07, 6.45) is 0.910. The molecule has 0 aliphatic heterocycles. The van der Waals surface area contributed by atoms with E-state index in [2.05, 4.69) is 24.5 Å². The van der Waals surface area contributed by atoms with Gasteiger partial charge in [0.25, 0.3) is 11.8 Å². The van der Waals surface area contributed by atoms with Crippen LogP contribution in [0, 0.1) is 0 Å². The largest absolute Gasteiger partial charge is 0.351 e. The van der Waals surface area contributed by atoms with E-state index in [9.17, 15) is 9.59 Å². The summed E-state index contributed by atoms with van der Waals surface area (Å²) in [4.78, 5) is 24.9. The van der Waals surface area contributed by atoms with Crippen molar-refractivity contribution in [3.05, 3.63) is 29.8 Å². The maximum Gasteiger partial charge on any atom is 0.282 e. The van der Waals surface area contributed by atoms with Gasteiger partial charge in [-0.05, 0) is 37.0 Å². The Kier molecular flexibility index (Phi) is 7.75. The molecule has 3 N–H and O–H groups in total. The van der Waals surface area contributed by atoms with Crippen LogP contribution in [0.4, 0.5) is 5.69 Å². The molecular formula is C18H30N3O2+. The average molecular weight is 320 g/mol. The zero-order valence-corrected chi connectivity index (χ0v) is 14.9. The predicted molar refractivity (Wildman–Crippen MR) is 93.7 cm³/mol. The van der Waals surface area contributed by atoms with E-state index in [4.69, 9.17) is 0 Å². The summed E-state index contributed by atoms with van der Waals surface area (Å²) in [6.45, 7) is 9.09. The molecule has 5 heteroatoms. The van der Waals surface area contributed by atoms with Gasteiger partial charge < -0.3 is 15.5 Å². The fourth-order valence-electron chi connectivity index (χ4n) is 2.16. The number of hydrogen-bond donors (Lipinski definition) is 3. The molecule has 1 aromatic rings. The molecule has 0 heterocycles. The van der Waals surface area contributed by atoms with Crippen molar-refractivity contribution >= 4 is 17.5 Å². The summed E-state index contributed by atoms with van der Waals surface area (Å²) < 4.78 is 0. The Morgan fingerprint density at radius 1 is 1.13 bits per heavy atom. The third-order valence-corrected chi connectivity index (χ3v) is 3.99. The van der Waals surface area contributed by atoms with Gasteiger partial charge in [-0.15, -0.1) is 0 Å². The van der Waals surface area contributed by atoms with Crippen molar-refractivity contribution in [3.63, 3.8) is 0 Å². The highest BCUT2D eigenvalue weighted by Crippen LogP contribution is 2.17. The fourth-order valence-corrected chi connectivity index (χ4v) is 2.16. The van der Waals surface area contributed by atoms with Gasteiger partial charge in [-0.1, -0.05) is 32.9 Å². The Morgan fingerprint density at radius 2 is 1.74 bits per heavy atom. The molecule has 0 aliphatic rings. The van der Waals surface area contributed by atoms with Crippen LogP contribution in [0.25, 0.3) is 0 Å². The third-order valence-electron chi connectivity index (χ3n) is 3.99. The number of carbonyl (C=O) groups is 2. The van der Waals surface area contributed by atoms with Crippen molar-refractivity contribution in [1.29, 1.82) is 0 Å². The Balaban J connectivity index is 2.53. The van der Waals surface area contributed by atoms with Crippen LogP contribution in [-0.4, -0.2) is 38.0 Å². The van der Waals surface area contributed by atoms with Crippen molar-refractivity contribution in [1.82, 2.24) is 5.32 Å². The lowest BCUT2D eigenvalue weighted by Crippen LogP contribution is -3.15. The van der Waals surface area contributed by atoms with E-state index in [0.29, 0.717) is 19.0 Å². The molecule has 0 bridgehead atoms. The third kappa shape index (κ3) is 6.40. The number of hydrogen-bond acceptors (Lipinski definition) is 2. The fraction of sp³-hybridized carbons (Fsp3) is 0.556. The smallest absolute Gasteiger partial charge is 0.282 e. The molecule has 1 unspecified atom stereocenters. The first-order chi connectivity index (χ1) is 10.8. The van der Waals surface area contributed by atoms with E-state index < -0.39 is 0 Å². The molecule has 5 nitrogen and oxygen atoms in total. The van der Waals surface area contributed by atoms with Gasteiger partial charge >= 0.3 is 0 Å². The van der Waals surface area contributed by atoms with Crippen molar-refractivity contribution in [3.8, 4) is 0 Å². The summed E-state index contributed by atoms with van der Waals surface area (Å²) in [7, 11) is 1.86. The lowest BCUT2D eigenvalue weighted by molar-refractivity contribution is -0.885. The highest BCUT2D eigenvalue weighted by atomic mass is 16.2. The number of carbonyl (C=O) groups excluding carboxylic acids is 2. The van der Waals surface area contributed by atoms with Crippen LogP contribution in [0.3, 0.4) is 0 Å². The quantitative estimate of drug-likeness (QED) is 0.673. The average Bonchev–Trinajstić information content (AvgIpc) is 2.52. The minimum absolute atomic E-state index is 0.0229. The van der Waals surface area contributed by atoms with Gasteiger partial charge in [0.2, 0.25) is 0 Å². The second kappa shape index (κ2) is 9.30. The van der Waals surface area contributed by atoms with Crippen molar-refractivity contribution in [2.45, 2.75) is 46.1 Å². The van der Waals surface area contributed by atoms with Gasteiger partial charge in [-0.25, -0.2) is 0 Å². The second-order valence-electron chi connectivity index (χ2n) is 6.36. The van der Waals surface area contributed by atoms with Crippen LogP contribution in [-0.2, 0) is 9.59 Å². The number of amides is 2. The van der Waals surface area contributed by atoms with E-state index in [0.717, 1.165) is 17.0 Å². The summed E-state index contributed by atoms with van der Waals surface area (Å²) >= 11 is 0. The molecular weight excluding hydrogens is 290 g/mol. The van der Waals surface area contributed by atoms with Gasteiger partial charge in [-0.3, -0.25) is 9.59 Å². The van der Waals surface area contributed by atoms with Crippen LogP contribution < -0.4 is 15.5 Å². The second-order valence-corrected chi connectivity index (χ2v) is 6.36.